The van der Waals surface area contributed by atoms with Crippen molar-refractivity contribution in [2.45, 2.75) is 39.0 Å². The zero-order chi connectivity index (χ0) is 19.0. The number of carbonyl (C=O) groups is 2. The van der Waals surface area contributed by atoms with Crippen molar-refractivity contribution in [1.29, 1.82) is 0 Å². The van der Waals surface area contributed by atoms with Gasteiger partial charge in [-0.1, -0.05) is 43.3 Å². The molecule has 140 valence electrons. The second-order valence-electron chi connectivity index (χ2n) is 7.26. The first-order valence-corrected chi connectivity index (χ1v) is 9.48. The van der Waals surface area contributed by atoms with Gasteiger partial charge in [-0.3, -0.25) is 9.59 Å². The molecular weight excluding hydrogens is 340 g/mol. The van der Waals surface area contributed by atoms with E-state index >= 15 is 0 Å². The number of carbonyl (C=O) groups excluding carboxylic acids is 2. The maximum atomic E-state index is 13.0. The van der Waals surface area contributed by atoms with Crippen LogP contribution in [0.25, 0.3) is 0 Å². The number of fused-ring (bicyclic) bond motifs is 1. The Morgan fingerprint density at radius 3 is 2.56 bits per heavy atom. The molecule has 2 heterocycles. The minimum atomic E-state index is -0.413. The van der Waals surface area contributed by atoms with Crippen LogP contribution < -0.4 is 4.74 Å². The molecule has 5 heteroatoms. The molecule has 0 aromatic heterocycles. The van der Waals surface area contributed by atoms with E-state index in [9.17, 15) is 9.59 Å². The zero-order valence-electron chi connectivity index (χ0n) is 15.7. The summed E-state index contributed by atoms with van der Waals surface area (Å²) in [6.45, 7) is 5.62. The largest absolute Gasteiger partial charge is 0.486 e. The third-order valence-corrected chi connectivity index (χ3v) is 5.44. The first kappa shape index (κ1) is 17.6. The van der Waals surface area contributed by atoms with Gasteiger partial charge in [-0.25, -0.2) is 0 Å². The van der Waals surface area contributed by atoms with Crippen molar-refractivity contribution in [2.75, 3.05) is 13.1 Å². The van der Waals surface area contributed by atoms with Gasteiger partial charge in [-0.2, -0.15) is 0 Å². The highest BCUT2D eigenvalue weighted by molar-refractivity contribution is 6.01. The van der Waals surface area contributed by atoms with Crippen LogP contribution in [0.2, 0.25) is 0 Å². The molecule has 27 heavy (non-hydrogen) atoms. The zero-order valence-corrected chi connectivity index (χ0v) is 15.7. The average Bonchev–Trinajstić information content (AvgIpc) is 2.97. The van der Waals surface area contributed by atoms with E-state index in [1.54, 1.807) is 9.80 Å². The summed E-state index contributed by atoms with van der Waals surface area (Å²) in [5.41, 5.74) is 2.81. The summed E-state index contributed by atoms with van der Waals surface area (Å²) in [7, 11) is 0. The van der Waals surface area contributed by atoms with Crippen LogP contribution in [0.1, 0.15) is 34.8 Å². The van der Waals surface area contributed by atoms with E-state index in [1.165, 1.54) is 0 Å². The lowest BCUT2D eigenvalue weighted by Gasteiger charge is -2.42. The van der Waals surface area contributed by atoms with E-state index in [0.29, 0.717) is 31.6 Å². The van der Waals surface area contributed by atoms with E-state index in [1.807, 2.05) is 62.4 Å². The number of amides is 2. The van der Waals surface area contributed by atoms with E-state index in [0.717, 1.165) is 16.9 Å². The molecule has 1 saturated heterocycles. The molecule has 0 aliphatic carbocycles. The van der Waals surface area contributed by atoms with Gasteiger partial charge in [0.05, 0.1) is 13.1 Å². The van der Waals surface area contributed by atoms with Crippen molar-refractivity contribution in [3.63, 3.8) is 0 Å². The van der Waals surface area contributed by atoms with Gasteiger partial charge in [0.1, 0.15) is 17.9 Å². The highest BCUT2D eigenvalue weighted by atomic mass is 16.5. The number of rotatable bonds is 5. The van der Waals surface area contributed by atoms with E-state index in [-0.39, 0.29) is 17.9 Å². The third kappa shape index (κ3) is 3.18. The molecule has 0 spiro atoms. The highest BCUT2D eigenvalue weighted by Gasteiger charge is 2.41. The van der Waals surface area contributed by atoms with Crippen molar-refractivity contribution >= 4 is 11.8 Å². The molecule has 2 amide bonds. The molecule has 0 bridgehead atoms. The predicted molar refractivity (Wildman–Crippen MR) is 103 cm³/mol. The fourth-order valence-corrected chi connectivity index (χ4v) is 3.83. The lowest BCUT2D eigenvalue weighted by Crippen LogP contribution is -2.60. The molecule has 4 rings (SSSR count). The summed E-state index contributed by atoms with van der Waals surface area (Å²) < 4.78 is 6.00. The summed E-state index contributed by atoms with van der Waals surface area (Å²) in [5.74, 6) is 0.842. The number of nitrogens with zero attached hydrogens (tertiary/aromatic N) is 2. The second-order valence-corrected chi connectivity index (χ2v) is 7.26. The molecule has 2 aromatic carbocycles. The molecule has 1 fully saturated rings. The molecule has 0 saturated carbocycles. The van der Waals surface area contributed by atoms with Crippen LogP contribution in [0.3, 0.4) is 0 Å². The van der Waals surface area contributed by atoms with Gasteiger partial charge in [0, 0.05) is 12.1 Å². The van der Waals surface area contributed by atoms with Gasteiger partial charge in [0.2, 0.25) is 5.91 Å². The molecule has 0 N–H and O–H groups in total. The van der Waals surface area contributed by atoms with Crippen molar-refractivity contribution < 1.29 is 14.3 Å². The van der Waals surface area contributed by atoms with Crippen molar-refractivity contribution in [3.05, 3.63) is 65.2 Å². The average molecular weight is 364 g/mol. The second kappa shape index (κ2) is 7.06. The summed E-state index contributed by atoms with van der Waals surface area (Å²) in [6, 6.07) is 15.1. The van der Waals surface area contributed by atoms with Crippen molar-refractivity contribution in [1.82, 2.24) is 9.80 Å². The molecule has 1 atom stereocenters. The maximum absolute atomic E-state index is 13.0. The minimum Gasteiger partial charge on any atom is -0.486 e. The Balaban J connectivity index is 1.38. The fourth-order valence-electron chi connectivity index (χ4n) is 3.83. The molecule has 5 nitrogen and oxygen atoms in total. The summed E-state index contributed by atoms with van der Waals surface area (Å²) in [5, 5.41) is 0. The number of hydrogen-bond acceptors (Lipinski definition) is 3. The molecule has 0 radical (unpaired) electrons. The standard InChI is InChI=1S/C22H24N2O3/c1-3-19(24-12-16-9-5-6-10-18(16)21(24)25)22(26)23-13-17(14-23)27-20-11-7-4-8-15(20)2/h4-11,17,19H,3,12-14H2,1-2H3/t19-/m1/s1. The van der Waals surface area contributed by atoms with Crippen LogP contribution in [0, 0.1) is 6.92 Å². The smallest absolute Gasteiger partial charge is 0.255 e. The van der Waals surface area contributed by atoms with E-state index in [2.05, 4.69) is 0 Å². The molecular formula is C22H24N2O3. The number of hydrogen-bond donors (Lipinski definition) is 0. The summed E-state index contributed by atoms with van der Waals surface area (Å²) >= 11 is 0. The van der Waals surface area contributed by atoms with Gasteiger partial charge in [0.15, 0.2) is 0 Å². The quantitative estimate of drug-likeness (QED) is 0.819. The molecule has 2 aromatic rings. The van der Waals surface area contributed by atoms with Gasteiger partial charge < -0.3 is 14.5 Å². The lowest BCUT2D eigenvalue weighted by molar-refractivity contribution is -0.145. The molecule has 2 aliphatic rings. The Morgan fingerprint density at radius 2 is 1.85 bits per heavy atom. The van der Waals surface area contributed by atoms with Gasteiger partial charge in [0.25, 0.3) is 5.91 Å². The summed E-state index contributed by atoms with van der Waals surface area (Å²) in [6.07, 6.45) is 0.622. The minimum absolute atomic E-state index is 0.0130. The predicted octanol–water partition coefficient (Wildman–Crippen LogP) is 3.02. The highest BCUT2D eigenvalue weighted by Crippen LogP contribution is 2.28. The monoisotopic (exact) mass is 364 g/mol. The SMILES string of the molecule is CC[C@H](C(=O)N1CC(Oc2ccccc2C)C1)N1Cc2ccccc2C1=O. The van der Waals surface area contributed by atoms with Gasteiger partial charge in [-0.05, 0) is 36.6 Å². The van der Waals surface area contributed by atoms with Crippen molar-refractivity contribution in [3.8, 4) is 5.75 Å². The number of likely N-dealkylation sites (tertiary alicyclic amines) is 1. The Kier molecular flexibility index (Phi) is 4.60. The van der Waals surface area contributed by atoms with Crippen LogP contribution in [0.4, 0.5) is 0 Å². The van der Waals surface area contributed by atoms with Gasteiger partial charge in [-0.15, -0.1) is 0 Å². The summed E-state index contributed by atoms with van der Waals surface area (Å²) in [4.78, 5) is 29.2. The van der Waals surface area contributed by atoms with E-state index in [4.69, 9.17) is 4.74 Å². The number of aryl methyl sites for hydroxylation is 1. The Hall–Kier alpha value is -2.82. The normalized spacial score (nSPS) is 17.5. The Morgan fingerprint density at radius 1 is 1.15 bits per heavy atom. The van der Waals surface area contributed by atoms with E-state index < -0.39 is 6.04 Å². The lowest BCUT2D eigenvalue weighted by atomic mass is 10.1. The topological polar surface area (TPSA) is 49.9 Å². The van der Waals surface area contributed by atoms with Crippen LogP contribution in [-0.2, 0) is 11.3 Å². The van der Waals surface area contributed by atoms with Crippen molar-refractivity contribution in [2.24, 2.45) is 0 Å². The van der Waals surface area contributed by atoms with Crippen LogP contribution in [0.15, 0.2) is 48.5 Å². The number of para-hydroxylation sites is 1. The van der Waals surface area contributed by atoms with Crippen LogP contribution >= 0.6 is 0 Å². The molecule has 2 aliphatic heterocycles. The van der Waals surface area contributed by atoms with Crippen LogP contribution in [-0.4, -0.2) is 46.8 Å². The Labute approximate surface area is 159 Å². The maximum Gasteiger partial charge on any atom is 0.255 e. The first-order chi connectivity index (χ1) is 13.1. The first-order valence-electron chi connectivity index (χ1n) is 9.48. The Bertz CT molecular complexity index is 873. The van der Waals surface area contributed by atoms with Crippen LogP contribution in [0.5, 0.6) is 5.75 Å². The third-order valence-electron chi connectivity index (χ3n) is 5.44. The number of ether oxygens (including phenoxy) is 1. The van der Waals surface area contributed by atoms with Gasteiger partial charge >= 0.3 is 0 Å². The fraction of sp³-hybridized carbons (Fsp3) is 0.364. The number of benzene rings is 2. The molecule has 0 unspecified atom stereocenters.